The van der Waals surface area contributed by atoms with Crippen LogP contribution in [-0.2, 0) is 4.79 Å². The lowest BCUT2D eigenvalue weighted by Crippen LogP contribution is -2.52. The van der Waals surface area contributed by atoms with E-state index in [2.05, 4.69) is 0 Å². The second-order valence-corrected chi connectivity index (χ2v) is 2.89. The molecule has 0 bridgehead atoms. The molecule has 4 heteroatoms. The molecule has 0 aliphatic rings. The van der Waals surface area contributed by atoms with E-state index < -0.39 is 11.6 Å². The number of amides is 1. The summed E-state index contributed by atoms with van der Waals surface area (Å²) in [6.07, 6.45) is 0.197. The van der Waals surface area contributed by atoms with E-state index in [-0.39, 0.29) is 12.3 Å². The lowest BCUT2D eigenvalue weighted by Gasteiger charge is -2.20. The summed E-state index contributed by atoms with van der Waals surface area (Å²) in [6.45, 7) is 3.70. The summed E-state index contributed by atoms with van der Waals surface area (Å²) in [4.78, 5) is 10.4. The van der Waals surface area contributed by atoms with Crippen molar-refractivity contribution in [2.45, 2.75) is 26.0 Å². The highest BCUT2D eigenvalue weighted by Gasteiger charge is 2.28. The molecule has 0 heterocycles. The van der Waals surface area contributed by atoms with E-state index in [0.717, 1.165) is 0 Å². The largest absolute Gasteiger partial charge is 0.368 e. The van der Waals surface area contributed by atoms with Gasteiger partial charge in [0.05, 0.1) is 0 Å². The number of carbonyl (C=O) groups is 1. The molecular weight excluding hydrogens is 132 g/mol. The first-order chi connectivity index (χ1) is 4.36. The Labute approximate surface area is 60.2 Å². The summed E-state index contributed by atoms with van der Waals surface area (Å²) >= 11 is 0. The summed E-state index contributed by atoms with van der Waals surface area (Å²) < 4.78 is 0. The number of rotatable bonds is 3. The third-order valence-electron chi connectivity index (χ3n) is 1.15. The van der Waals surface area contributed by atoms with Crippen molar-refractivity contribution in [3.63, 3.8) is 0 Å². The van der Waals surface area contributed by atoms with Crippen molar-refractivity contribution >= 4 is 5.91 Å². The predicted molar refractivity (Wildman–Crippen MR) is 37.8 cm³/mol. The molecule has 10 heavy (non-hydrogen) atoms. The quantitative estimate of drug-likeness (QED) is 0.454. The number of carbonyl (C=O) groups excluding carboxylic acids is 1. The van der Waals surface area contributed by atoms with Crippen molar-refractivity contribution in [2.75, 3.05) is 0 Å². The average molecular weight is 146 g/mol. The summed E-state index contributed by atoms with van der Waals surface area (Å²) in [5, 5.41) is 9.07. The van der Waals surface area contributed by atoms with Crippen molar-refractivity contribution in [1.29, 1.82) is 0 Å². The van der Waals surface area contributed by atoms with Crippen LogP contribution in [0.25, 0.3) is 0 Å². The molecule has 0 saturated heterocycles. The van der Waals surface area contributed by atoms with E-state index >= 15 is 0 Å². The normalized spacial score (nSPS) is 16.9. The molecule has 0 aliphatic heterocycles. The van der Waals surface area contributed by atoms with E-state index in [0.29, 0.717) is 0 Å². The van der Waals surface area contributed by atoms with Crippen molar-refractivity contribution in [3.05, 3.63) is 0 Å². The number of primary amides is 1. The van der Waals surface area contributed by atoms with Gasteiger partial charge in [0, 0.05) is 6.42 Å². The molecule has 60 valence electrons. The Bertz CT molecular complexity index is 132. The van der Waals surface area contributed by atoms with Gasteiger partial charge in [-0.05, 0) is 5.92 Å². The second-order valence-electron chi connectivity index (χ2n) is 2.89. The minimum Gasteiger partial charge on any atom is -0.368 e. The summed E-state index contributed by atoms with van der Waals surface area (Å²) in [5.41, 5.74) is 8.11. The molecule has 5 N–H and O–H groups in total. The Kier molecular flexibility index (Phi) is 2.80. The van der Waals surface area contributed by atoms with Crippen LogP contribution in [0, 0.1) is 5.92 Å². The highest BCUT2D eigenvalue weighted by atomic mass is 16.3. The van der Waals surface area contributed by atoms with Gasteiger partial charge >= 0.3 is 0 Å². The van der Waals surface area contributed by atoms with Crippen LogP contribution in [0.3, 0.4) is 0 Å². The highest BCUT2D eigenvalue weighted by Crippen LogP contribution is 2.09. The van der Waals surface area contributed by atoms with Gasteiger partial charge in [-0.3, -0.25) is 10.5 Å². The average Bonchev–Trinajstić information content (AvgIpc) is 1.60. The molecule has 0 aromatic carbocycles. The SMILES string of the molecule is CC(C)C[C@](N)(O)C(N)=O. The van der Waals surface area contributed by atoms with Crippen molar-refractivity contribution < 1.29 is 9.90 Å². The first-order valence-corrected chi connectivity index (χ1v) is 3.17. The third-order valence-corrected chi connectivity index (χ3v) is 1.15. The summed E-state index contributed by atoms with van der Waals surface area (Å²) in [5.74, 6) is -0.719. The Hall–Kier alpha value is -0.610. The molecule has 0 unspecified atom stereocenters. The zero-order valence-corrected chi connectivity index (χ0v) is 6.29. The van der Waals surface area contributed by atoms with Crippen molar-refractivity contribution in [2.24, 2.45) is 17.4 Å². The highest BCUT2D eigenvalue weighted by molar-refractivity contribution is 5.82. The first-order valence-electron chi connectivity index (χ1n) is 3.17. The van der Waals surface area contributed by atoms with Gasteiger partial charge in [0.2, 0.25) is 0 Å². The van der Waals surface area contributed by atoms with E-state index in [1.807, 2.05) is 13.8 Å². The lowest BCUT2D eigenvalue weighted by molar-refractivity contribution is -0.137. The number of hydrogen-bond acceptors (Lipinski definition) is 3. The molecule has 0 fully saturated rings. The van der Waals surface area contributed by atoms with Gasteiger partial charge in [0.15, 0.2) is 5.72 Å². The molecule has 0 spiro atoms. The van der Waals surface area contributed by atoms with Crippen LogP contribution in [0.1, 0.15) is 20.3 Å². The number of nitrogens with two attached hydrogens (primary N) is 2. The molecule has 0 rings (SSSR count). The Morgan fingerprint density at radius 2 is 2.10 bits per heavy atom. The van der Waals surface area contributed by atoms with Gasteiger partial charge in [-0.1, -0.05) is 13.8 Å². The second kappa shape index (κ2) is 2.98. The van der Waals surface area contributed by atoms with Gasteiger partial charge in [0.25, 0.3) is 5.91 Å². The standard InChI is InChI=1S/C6H14N2O2/c1-4(2)3-6(8,10)5(7)9/h4,10H,3,8H2,1-2H3,(H2,7,9)/t6-/m0/s1. The molecule has 0 saturated carbocycles. The number of aliphatic hydroxyl groups is 1. The first kappa shape index (κ1) is 9.39. The van der Waals surface area contributed by atoms with Crippen molar-refractivity contribution in [1.82, 2.24) is 0 Å². The van der Waals surface area contributed by atoms with Crippen molar-refractivity contribution in [3.8, 4) is 0 Å². The van der Waals surface area contributed by atoms with Crippen LogP contribution in [0.4, 0.5) is 0 Å². The van der Waals surface area contributed by atoms with Gasteiger partial charge in [0.1, 0.15) is 0 Å². The Morgan fingerprint density at radius 1 is 1.70 bits per heavy atom. The van der Waals surface area contributed by atoms with E-state index in [1.165, 1.54) is 0 Å². The van der Waals surface area contributed by atoms with Crippen LogP contribution >= 0.6 is 0 Å². The fraction of sp³-hybridized carbons (Fsp3) is 0.833. The van der Waals surface area contributed by atoms with Gasteiger partial charge in [-0.25, -0.2) is 0 Å². The van der Waals surface area contributed by atoms with Crippen LogP contribution < -0.4 is 11.5 Å². The van der Waals surface area contributed by atoms with Crippen LogP contribution in [0.15, 0.2) is 0 Å². The van der Waals surface area contributed by atoms with Crippen LogP contribution in [-0.4, -0.2) is 16.7 Å². The molecule has 0 aromatic heterocycles. The summed E-state index contributed by atoms with van der Waals surface area (Å²) in [6, 6.07) is 0. The predicted octanol–water partition coefficient (Wildman–Crippen LogP) is -0.835. The maximum absolute atomic E-state index is 10.4. The molecular formula is C6H14N2O2. The monoisotopic (exact) mass is 146 g/mol. The smallest absolute Gasteiger partial charge is 0.264 e. The zero-order valence-electron chi connectivity index (χ0n) is 6.29. The van der Waals surface area contributed by atoms with E-state index in [9.17, 15) is 4.79 Å². The molecule has 0 aromatic rings. The van der Waals surface area contributed by atoms with Gasteiger partial charge < -0.3 is 10.8 Å². The maximum atomic E-state index is 10.4. The fourth-order valence-corrected chi connectivity index (χ4v) is 0.723. The van der Waals surface area contributed by atoms with Gasteiger partial charge in [-0.2, -0.15) is 0 Å². The van der Waals surface area contributed by atoms with E-state index in [1.54, 1.807) is 0 Å². The Balaban J connectivity index is 4.00. The molecule has 0 aliphatic carbocycles. The minimum absolute atomic E-state index is 0.155. The summed E-state index contributed by atoms with van der Waals surface area (Å²) in [7, 11) is 0. The minimum atomic E-state index is -1.84. The third kappa shape index (κ3) is 2.80. The van der Waals surface area contributed by atoms with Crippen LogP contribution in [0.5, 0.6) is 0 Å². The molecule has 4 nitrogen and oxygen atoms in total. The molecule has 1 atom stereocenters. The van der Waals surface area contributed by atoms with Crippen LogP contribution in [0.2, 0.25) is 0 Å². The topological polar surface area (TPSA) is 89.3 Å². The lowest BCUT2D eigenvalue weighted by atomic mass is 10.0. The van der Waals surface area contributed by atoms with E-state index in [4.69, 9.17) is 16.6 Å². The van der Waals surface area contributed by atoms with Gasteiger partial charge in [-0.15, -0.1) is 0 Å². The Morgan fingerprint density at radius 3 is 2.20 bits per heavy atom. The number of hydrogen-bond donors (Lipinski definition) is 3. The maximum Gasteiger partial charge on any atom is 0.264 e. The zero-order chi connectivity index (χ0) is 8.36. The molecule has 0 radical (unpaired) electrons. The molecule has 1 amide bonds. The fourth-order valence-electron chi connectivity index (χ4n) is 0.723.